The molecule has 178 valence electrons. The highest BCUT2D eigenvalue weighted by Crippen LogP contribution is 2.35. The Hall–Kier alpha value is -4.09. The molecule has 1 atom stereocenters. The van der Waals surface area contributed by atoms with Crippen LogP contribution < -0.4 is 5.32 Å². The van der Waals surface area contributed by atoms with Gasteiger partial charge in [0.2, 0.25) is 9.84 Å². The number of nitro benzene ring substituents is 1. The predicted molar refractivity (Wildman–Crippen MR) is 123 cm³/mol. The first-order chi connectivity index (χ1) is 16.5. The Bertz CT molecular complexity index is 1530. The molecular weight excluding hydrogens is 500 g/mol. The van der Waals surface area contributed by atoms with E-state index < -0.39 is 38.5 Å². The SMILES string of the molecule is CC(OC(=O)c1ccc2c(c1)S(=O)(=O)c1ccccc1C2=O)C(=O)Nc1ccc([N+](=O)[O-])cc1Cl. The van der Waals surface area contributed by atoms with Crippen molar-refractivity contribution in [3.8, 4) is 0 Å². The van der Waals surface area contributed by atoms with Crippen molar-refractivity contribution in [2.75, 3.05) is 5.32 Å². The third-order valence-electron chi connectivity index (χ3n) is 5.25. The number of hydrogen-bond acceptors (Lipinski definition) is 8. The highest BCUT2D eigenvalue weighted by molar-refractivity contribution is 7.91. The lowest BCUT2D eigenvalue weighted by Gasteiger charge is -2.19. The summed E-state index contributed by atoms with van der Waals surface area (Å²) in [6, 6.07) is 12.7. The van der Waals surface area contributed by atoms with Gasteiger partial charge in [0, 0.05) is 23.3 Å². The summed E-state index contributed by atoms with van der Waals surface area (Å²) in [6.07, 6.45) is -1.33. The molecule has 35 heavy (non-hydrogen) atoms. The number of amides is 1. The smallest absolute Gasteiger partial charge is 0.338 e. The zero-order valence-corrected chi connectivity index (χ0v) is 19.4. The van der Waals surface area contributed by atoms with Gasteiger partial charge in [0.1, 0.15) is 0 Å². The Labute approximate surface area is 203 Å². The van der Waals surface area contributed by atoms with Gasteiger partial charge in [0.25, 0.3) is 11.6 Å². The molecule has 0 bridgehead atoms. The summed E-state index contributed by atoms with van der Waals surface area (Å²) in [5.74, 6) is -2.26. The van der Waals surface area contributed by atoms with Gasteiger partial charge in [-0.15, -0.1) is 0 Å². The molecule has 1 N–H and O–H groups in total. The molecule has 10 nitrogen and oxygen atoms in total. The molecule has 1 heterocycles. The molecule has 0 saturated carbocycles. The second-order valence-corrected chi connectivity index (χ2v) is 9.79. The first-order valence-corrected chi connectivity index (χ1v) is 11.9. The zero-order valence-electron chi connectivity index (χ0n) is 17.9. The van der Waals surface area contributed by atoms with Gasteiger partial charge in [0.05, 0.1) is 31.0 Å². The van der Waals surface area contributed by atoms with Crippen LogP contribution in [0.3, 0.4) is 0 Å². The van der Waals surface area contributed by atoms with Crippen molar-refractivity contribution < 1.29 is 32.5 Å². The largest absolute Gasteiger partial charge is 0.449 e. The van der Waals surface area contributed by atoms with Gasteiger partial charge in [-0.05, 0) is 43.3 Å². The predicted octanol–water partition coefficient (Wildman–Crippen LogP) is 3.81. The standard InChI is InChI=1S/C23H15ClN2O8S/c1-12(22(28)25-18-9-7-14(26(30)31)11-17(18)24)34-23(29)13-6-8-16-20(10-13)35(32,33)19-5-3-2-4-15(19)21(16)27/h2-12H,1H3,(H,25,28). The molecule has 3 aromatic rings. The van der Waals surface area contributed by atoms with E-state index in [2.05, 4.69) is 5.32 Å². The van der Waals surface area contributed by atoms with Crippen molar-refractivity contribution in [1.29, 1.82) is 0 Å². The number of rotatable bonds is 5. The fraction of sp³-hybridized carbons (Fsp3) is 0.0870. The van der Waals surface area contributed by atoms with E-state index in [1.54, 1.807) is 6.07 Å². The van der Waals surface area contributed by atoms with Crippen LogP contribution in [0.4, 0.5) is 11.4 Å². The van der Waals surface area contributed by atoms with Crippen molar-refractivity contribution in [2.45, 2.75) is 22.8 Å². The lowest BCUT2D eigenvalue weighted by molar-refractivity contribution is -0.384. The summed E-state index contributed by atoms with van der Waals surface area (Å²) in [7, 11) is -4.06. The Morgan fingerprint density at radius 1 is 1.03 bits per heavy atom. The Kier molecular flexibility index (Phi) is 6.14. The van der Waals surface area contributed by atoms with Gasteiger partial charge < -0.3 is 10.1 Å². The summed E-state index contributed by atoms with van der Waals surface area (Å²) in [5, 5.41) is 13.1. The Balaban J connectivity index is 1.53. The lowest BCUT2D eigenvalue weighted by atomic mass is 10.0. The number of hydrogen-bond donors (Lipinski definition) is 1. The summed E-state index contributed by atoms with van der Waals surface area (Å²) in [6.45, 7) is 1.28. The van der Waals surface area contributed by atoms with E-state index in [0.717, 1.165) is 18.2 Å². The number of carbonyl (C=O) groups excluding carboxylic acids is 3. The maximum absolute atomic E-state index is 13.0. The van der Waals surface area contributed by atoms with Crippen molar-refractivity contribution in [1.82, 2.24) is 0 Å². The molecule has 1 amide bonds. The molecule has 0 spiro atoms. The second kappa shape index (κ2) is 8.93. The molecule has 0 fully saturated rings. The number of esters is 1. The van der Waals surface area contributed by atoms with Gasteiger partial charge in [0.15, 0.2) is 11.9 Å². The van der Waals surface area contributed by atoms with Gasteiger partial charge in [-0.25, -0.2) is 13.2 Å². The first kappa shape index (κ1) is 24.0. The molecule has 12 heteroatoms. The van der Waals surface area contributed by atoms with Crippen molar-refractivity contribution in [3.63, 3.8) is 0 Å². The summed E-state index contributed by atoms with van der Waals surface area (Å²) in [4.78, 5) is 47.5. The normalized spacial score (nSPS) is 14.3. The Morgan fingerprint density at radius 2 is 1.71 bits per heavy atom. The third kappa shape index (κ3) is 4.38. The number of benzene rings is 3. The molecule has 1 aliphatic rings. The van der Waals surface area contributed by atoms with E-state index >= 15 is 0 Å². The maximum atomic E-state index is 13.0. The average molecular weight is 515 g/mol. The molecule has 1 aliphatic heterocycles. The van der Waals surface area contributed by atoms with Crippen LogP contribution in [0.5, 0.6) is 0 Å². The molecule has 0 radical (unpaired) electrons. The van der Waals surface area contributed by atoms with Gasteiger partial charge in [-0.1, -0.05) is 23.7 Å². The summed E-state index contributed by atoms with van der Waals surface area (Å²) >= 11 is 5.95. The number of ketones is 1. The van der Waals surface area contributed by atoms with Crippen LogP contribution in [0.25, 0.3) is 0 Å². The highest BCUT2D eigenvalue weighted by atomic mass is 35.5. The third-order valence-corrected chi connectivity index (χ3v) is 7.41. The van der Waals surface area contributed by atoms with E-state index in [1.807, 2.05) is 0 Å². The van der Waals surface area contributed by atoms with Gasteiger partial charge >= 0.3 is 5.97 Å². The molecule has 3 aromatic carbocycles. The van der Waals surface area contributed by atoms with E-state index in [9.17, 15) is 32.9 Å². The number of nitrogens with one attached hydrogen (secondary N) is 1. The number of carbonyl (C=O) groups is 3. The average Bonchev–Trinajstić information content (AvgIpc) is 2.83. The minimum atomic E-state index is -4.06. The monoisotopic (exact) mass is 514 g/mol. The van der Waals surface area contributed by atoms with Crippen LogP contribution in [-0.2, 0) is 19.4 Å². The number of sulfone groups is 1. The lowest BCUT2D eigenvalue weighted by Crippen LogP contribution is -2.30. The Morgan fingerprint density at radius 3 is 2.40 bits per heavy atom. The topological polar surface area (TPSA) is 150 Å². The number of anilines is 1. The number of fused-ring (bicyclic) bond motifs is 2. The van der Waals surface area contributed by atoms with Crippen LogP contribution in [0.2, 0.25) is 5.02 Å². The fourth-order valence-electron chi connectivity index (χ4n) is 3.45. The van der Waals surface area contributed by atoms with E-state index in [1.165, 1.54) is 43.3 Å². The van der Waals surface area contributed by atoms with E-state index in [0.29, 0.717) is 0 Å². The minimum absolute atomic E-state index is 0.0468. The first-order valence-electron chi connectivity index (χ1n) is 9.99. The van der Waals surface area contributed by atoms with Gasteiger partial charge in [-0.3, -0.25) is 19.7 Å². The number of ether oxygens (including phenoxy) is 1. The molecular formula is C23H15ClN2O8S. The van der Waals surface area contributed by atoms with Crippen LogP contribution in [0.15, 0.2) is 70.5 Å². The van der Waals surface area contributed by atoms with Crippen molar-refractivity contribution in [2.24, 2.45) is 0 Å². The fourth-order valence-corrected chi connectivity index (χ4v) is 5.35. The van der Waals surface area contributed by atoms with E-state index in [4.69, 9.17) is 16.3 Å². The molecule has 0 aromatic heterocycles. The number of nitrogens with zero attached hydrogens (tertiary/aromatic N) is 1. The quantitative estimate of drug-likeness (QED) is 0.240. The second-order valence-electron chi connectivity index (χ2n) is 7.50. The molecule has 4 rings (SSSR count). The van der Waals surface area contributed by atoms with Crippen molar-refractivity contribution >= 4 is 50.5 Å². The van der Waals surface area contributed by atoms with Crippen LogP contribution in [0.1, 0.15) is 33.2 Å². The van der Waals surface area contributed by atoms with Crippen molar-refractivity contribution in [3.05, 3.63) is 92.5 Å². The zero-order chi connectivity index (χ0) is 25.5. The van der Waals surface area contributed by atoms with Crippen LogP contribution in [-0.4, -0.2) is 37.1 Å². The van der Waals surface area contributed by atoms with Crippen LogP contribution in [0, 0.1) is 10.1 Å². The number of halogens is 1. The van der Waals surface area contributed by atoms with Crippen LogP contribution >= 0.6 is 11.6 Å². The maximum Gasteiger partial charge on any atom is 0.338 e. The summed E-state index contributed by atoms with van der Waals surface area (Å²) in [5.41, 5.74) is -0.393. The molecule has 0 saturated heterocycles. The number of nitro groups is 1. The minimum Gasteiger partial charge on any atom is -0.449 e. The molecule has 1 unspecified atom stereocenters. The highest BCUT2D eigenvalue weighted by Gasteiger charge is 2.35. The molecule has 0 aliphatic carbocycles. The summed E-state index contributed by atoms with van der Waals surface area (Å²) < 4.78 is 31.2. The van der Waals surface area contributed by atoms with Gasteiger partial charge in [-0.2, -0.15) is 0 Å². The van der Waals surface area contributed by atoms with E-state index in [-0.39, 0.29) is 42.9 Å². The number of non-ortho nitro benzene ring substituents is 1.